The van der Waals surface area contributed by atoms with Crippen LogP contribution in [0.5, 0.6) is 11.5 Å². The van der Waals surface area contributed by atoms with Crippen molar-refractivity contribution in [3.63, 3.8) is 0 Å². The molecule has 30 heavy (non-hydrogen) atoms. The van der Waals surface area contributed by atoms with Gasteiger partial charge in [-0.1, -0.05) is 18.2 Å². The number of para-hydroxylation sites is 1. The largest absolute Gasteiger partial charge is 0.452 e. The van der Waals surface area contributed by atoms with E-state index in [9.17, 15) is 9.59 Å². The average molecular weight is 403 g/mol. The molecule has 0 spiro atoms. The van der Waals surface area contributed by atoms with Crippen LogP contribution in [0.25, 0.3) is 17.0 Å². The van der Waals surface area contributed by atoms with Crippen molar-refractivity contribution in [1.29, 1.82) is 0 Å². The number of fused-ring (bicyclic) bond motifs is 2. The Morgan fingerprint density at radius 1 is 1.20 bits per heavy atom. The monoisotopic (exact) mass is 403 g/mol. The third-order valence-electron chi connectivity index (χ3n) is 5.21. The van der Waals surface area contributed by atoms with E-state index in [-0.39, 0.29) is 17.5 Å². The molecule has 0 N–H and O–H groups in total. The lowest BCUT2D eigenvalue weighted by Gasteiger charge is -2.16. The van der Waals surface area contributed by atoms with Crippen LogP contribution in [0.4, 0.5) is 0 Å². The highest BCUT2D eigenvalue weighted by Crippen LogP contribution is 2.38. The van der Waals surface area contributed by atoms with Gasteiger partial charge in [0.2, 0.25) is 5.78 Å². The summed E-state index contributed by atoms with van der Waals surface area (Å²) < 4.78 is 13.6. The molecule has 0 radical (unpaired) electrons. The third kappa shape index (κ3) is 3.41. The lowest BCUT2D eigenvalue weighted by atomic mass is 9.97. The van der Waals surface area contributed by atoms with Gasteiger partial charge in [-0.3, -0.25) is 9.59 Å². The number of ether oxygens (including phenoxy) is 2. The highest BCUT2D eigenvalue weighted by molar-refractivity contribution is 6.16. The maximum absolute atomic E-state index is 13.0. The maximum Gasteiger partial charge on any atom is 0.316 e. The maximum atomic E-state index is 13.0. The van der Waals surface area contributed by atoms with Gasteiger partial charge in [-0.25, -0.2) is 0 Å². The number of esters is 1. The Morgan fingerprint density at radius 3 is 2.63 bits per heavy atom. The molecule has 5 heteroatoms. The van der Waals surface area contributed by atoms with Crippen LogP contribution in [0.3, 0.4) is 0 Å². The van der Waals surface area contributed by atoms with Gasteiger partial charge >= 0.3 is 5.97 Å². The number of rotatable bonds is 3. The Kier molecular flexibility index (Phi) is 4.77. The lowest BCUT2D eigenvalue weighted by Crippen LogP contribution is -2.25. The number of allylic oxidation sites excluding steroid dienone is 1. The second-order valence-corrected chi connectivity index (χ2v) is 8.58. The number of carbonyl (C=O) groups excluding carboxylic acids is 2. The van der Waals surface area contributed by atoms with E-state index >= 15 is 0 Å². The standard InChI is InChI=1S/C25H25NO4/c1-6-26-14-16(18-9-7-8-10-19(18)26)12-21-23(27)22-15(2)11-17(13-20(22)30-21)29-24(28)25(3,4)5/h7-14H,6H2,1-5H3/b21-12-. The first kappa shape index (κ1) is 20.0. The van der Waals surface area contributed by atoms with Crippen LogP contribution in [-0.2, 0) is 11.3 Å². The van der Waals surface area contributed by atoms with Crippen LogP contribution in [-0.4, -0.2) is 16.3 Å². The van der Waals surface area contributed by atoms with E-state index in [1.54, 1.807) is 39.0 Å². The Morgan fingerprint density at radius 2 is 1.93 bits per heavy atom. The number of hydrogen-bond donors (Lipinski definition) is 0. The number of ketones is 1. The summed E-state index contributed by atoms with van der Waals surface area (Å²) in [4.78, 5) is 25.2. The average Bonchev–Trinajstić information content (AvgIpc) is 3.19. The van der Waals surface area contributed by atoms with Crippen LogP contribution in [0.1, 0.15) is 49.2 Å². The molecule has 0 bridgehead atoms. The van der Waals surface area contributed by atoms with Crippen LogP contribution >= 0.6 is 0 Å². The van der Waals surface area contributed by atoms with Crippen LogP contribution in [0.2, 0.25) is 0 Å². The normalized spacial score (nSPS) is 14.8. The molecule has 0 saturated carbocycles. The van der Waals surface area contributed by atoms with Gasteiger partial charge in [-0.15, -0.1) is 0 Å². The molecule has 1 aliphatic heterocycles. The topological polar surface area (TPSA) is 57.5 Å². The van der Waals surface area contributed by atoms with Crippen LogP contribution in [0, 0.1) is 12.3 Å². The number of carbonyl (C=O) groups is 2. The molecule has 3 aromatic rings. The highest BCUT2D eigenvalue weighted by atomic mass is 16.5. The molecule has 0 fully saturated rings. The highest BCUT2D eigenvalue weighted by Gasteiger charge is 2.31. The van der Waals surface area contributed by atoms with E-state index in [4.69, 9.17) is 9.47 Å². The summed E-state index contributed by atoms with van der Waals surface area (Å²) in [6.07, 6.45) is 3.82. The Bertz CT molecular complexity index is 1210. The van der Waals surface area contributed by atoms with Gasteiger partial charge in [0, 0.05) is 35.3 Å². The van der Waals surface area contributed by atoms with Crippen molar-refractivity contribution in [2.75, 3.05) is 0 Å². The molecule has 0 amide bonds. The molecule has 0 saturated heterocycles. The van der Waals surface area contributed by atoms with Crippen molar-refractivity contribution in [1.82, 2.24) is 4.57 Å². The SMILES string of the molecule is CCn1cc(/C=C2\Oc3cc(OC(=O)C(C)(C)C)cc(C)c3C2=O)c2ccccc21. The fourth-order valence-electron chi connectivity index (χ4n) is 3.59. The van der Waals surface area contributed by atoms with E-state index in [0.29, 0.717) is 22.6 Å². The van der Waals surface area contributed by atoms with Crippen molar-refractivity contribution >= 4 is 28.7 Å². The molecule has 154 valence electrons. The number of aryl methyl sites for hydroxylation is 2. The second kappa shape index (κ2) is 7.17. The van der Waals surface area contributed by atoms with Gasteiger partial charge in [0.25, 0.3) is 0 Å². The van der Waals surface area contributed by atoms with Gasteiger partial charge in [0.05, 0.1) is 11.0 Å². The summed E-state index contributed by atoms with van der Waals surface area (Å²) in [7, 11) is 0. The fraction of sp³-hybridized carbons (Fsp3) is 0.280. The number of benzene rings is 2. The summed E-state index contributed by atoms with van der Waals surface area (Å²) in [5.41, 5.74) is 2.65. The molecule has 0 unspecified atom stereocenters. The molecule has 5 nitrogen and oxygen atoms in total. The van der Waals surface area contributed by atoms with Crippen molar-refractivity contribution < 1.29 is 19.1 Å². The Hall–Kier alpha value is -3.34. The van der Waals surface area contributed by atoms with Gasteiger partial charge in [-0.05, 0) is 58.4 Å². The van der Waals surface area contributed by atoms with E-state index in [1.165, 1.54) is 0 Å². The Labute approximate surface area is 175 Å². The van der Waals surface area contributed by atoms with Crippen molar-refractivity contribution in [3.05, 3.63) is 65.0 Å². The quantitative estimate of drug-likeness (QED) is 0.327. The summed E-state index contributed by atoms with van der Waals surface area (Å²) >= 11 is 0. The zero-order valence-corrected chi connectivity index (χ0v) is 17.9. The summed E-state index contributed by atoms with van der Waals surface area (Å²) in [6, 6.07) is 11.4. The Balaban J connectivity index is 1.71. The third-order valence-corrected chi connectivity index (χ3v) is 5.21. The molecule has 1 aromatic heterocycles. The molecule has 1 aliphatic rings. The van der Waals surface area contributed by atoms with Crippen molar-refractivity contribution in [2.24, 2.45) is 5.41 Å². The molecule has 4 rings (SSSR count). The van der Waals surface area contributed by atoms with Gasteiger partial charge < -0.3 is 14.0 Å². The van der Waals surface area contributed by atoms with Gasteiger partial charge in [0.1, 0.15) is 11.5 Å². The summed E-state index contributed by atoms with van der Waals surface area (Å²) in [5, 5.41) is 1.07. The predicted octanol–water partition coefficient (Wildman–Crippen LogP) is 5.54. The van der Waals surface area contributed by atoms with E-state index in [2.05, 4.69) is 17.6 Å². The minimum Gasteiger partial charge on any atom is -0.452 e. The van der Waals surface area contributed by atoms with Gasteiger partial charge in [0.15, 0.2) is 5.76 Å². The second-order valence-electron chi connectivity index (χ2n) is 8.58. The fourth-order valence-corrected chi connectivity index (χ4v) is 3.59. The minimum absolute atomic E-state index is 0.162. The molecule has 0 aliphatic carbocycles. The molecular formula is C25H25NO4. The zero-order chi connectivity index (χ0) is 21.6. The van der Waals surface area contributed by atoms with Crippen LogP contribution in [0.15, 0.2) is 48.4 Å². The van der Waals surface area contributed by atoms with Gasteiger partial charge in [-0.2, -0.15) is 0 Å². The van der Waals surface area contributed by atoms with Crippen LogP contribution < -0.4 is 9.47 Å². The molecule has 2 heterocycles. The number of aromatic nitrogens is 1. The molecule has 0 atom stereocenters. The smallest absolute Gasteiger partial charge is 0.316 e. The number of Topliss-reactive ketones (excluding diaryl/α,β-unsaturated/α-hetero) is 1. The van der Waals surface area contributed by atoms with Crippen molar-refractivity contribution in [2.45, 2.75) is 41.2 Å². The summed E-state index contributed by atoms with van der Waals surface area (Å²) in [6.45, 7) is 10.1. The van der Waals surface area contributed by atoms with Crippen molar-refractivity contribution in [3.8, 4) is 11.5 Å². The first-order chi connectivity index (χ1) is 14.2. The van der Waals surface area contributed by atoms with E-state index in [1.807, 2.05) is 31.3 Å². The number of hydrogen-bond acceptors (Lipinski definition) is 4. The number of nitrogens with zero attached hydrogens (tertiary/aromatic N) is 1. The molecule has 2 aromatic carbocycles. The first-order valence-electron chi connectivity index (χ1n) is 10.1. The van der Waals surface area contributed by atoms with E-state index < -0.39 is 5.41 Å². The first-order valence-corrected chi connectivity index (χ1v) is 10.1. The minimum atomic E-state index is -0.623. The molecular weight excluding hydrogens is 378 g/mol. The zero-order valence-electron chi connectivity index (χ0n) is 17.9. The lowest BCUT2D eigenvalue weighted by molar-refractivity contribution is -0.143. The van der Waals surface area contributed by atoms with E-state index in [0.717, 1.165) is 23.0 Å². The summed E-state index contributed by atoms with van der Waals surface area (Å²) in [5.74, 6) is 0.565. The predicted molar refractivity (Wildman–Crippen MR) is 117 cm³/mol.